The molecular formula is C24H22ClN3O3. The van der Waals surface area contributed by atoms with Gasteiger partial charge in [0.25, 0.3) is 0 Å². The topological polar surface area (TPSA) is 82.9 Å². The van der Waals surface area contributed by atoms with Crippen LogP contribution in [0.3, 0.4) is 0 Å². The molecule has 2 aromatic carbocycles. The third kappa shape index (κ3) is 4.44. The zero-order valence-electron chi connectivity index (χ0n) is 17.1. The predicted molar refractivity (Wildman–Crippen MR) is 120 cm³/mol. The van der Waals surface area contributed by atoms with Crippen LogP contribution < -0.4 is 0 Å². The molecule has 1 amide bonds. The van der Waals surface area contributed by atoms with E-state index >= 15 is 0 Å². The van der Waals surface area contributed by atoms with Gasteiger partial charge in [0.05, 0.1) is 17.3 Å². The number of carboxylic acids is 1. The van der Waals surface area contributed by atoms with Crippen molar-refractivity contribution >= 4 is 40.1 Å². The van der Waals surface area contributed by atoms with Crippen LogP contribution in [0.25, 0.3) is 10.9 Å². The molecule has 1 aromatic heterocycles. The number of hydrogen-bond acceptors (Lipinski definition) is 4. The summed E-state index contributed by atoms with van der Waals surface area (Å²) in [6.45, 7) is 2.01. The molecule has 0 spiro atoms. The number of para-hydroxylation sites is 1. The lowest BCUT2D eigenvalue weighted by atomic mass is 9.96. The Kier molecular flexibility index (Phi) is 6.00. The zero-order chi connectivity index (χ0) is 22.0. The first kappa shape index (κ1) is 21.0. The van der Waals surface area contributed by atoms with Gasteiger partial charge in [0.2, 0.25) is 5.91 Å². The number of carboxylic acid groups (broad SMARTS) is 1. The third-order valence-electron chi connectivity index (χ3n) is 5.47. The molecule has 0 aliphatic carbocycles. The van der Waals surface area contributed by atoms with Gasteiger partial charge < -0.3 is 5.11 Å². The van der Waals surface area contributed by atoms with Gasteiger partial charge in [0.1, 0.15) is 5.15 Å². The van der Waals surface area contributed by atoms with Crippen molar-refractivity contribution in [3.05, 3.63) is 76.4 Å². The lowest BCUT2D eigenvalue weighted by Gasteiger charge is -2.23. The van der Waals surface area contributed by atoms with Crippen molar-refractivity contribution in [2.24, 2.45) is 5.10 Å². The Morgan fingerprint density at radius 1 is 1.13 bits per heavy atom. The molecule has 4 rings (SSSR count). The van der Waals surface area contributed by atoms with E-state index in [0.717, 1.165) is 33.3 Å². The number of fused-ring (bicyclic) bond motifs is 1. The van der Waals surface area contributed by atoms with Gasteiger partial charge in [-0.15, -0.1) is 0 Å². The molecule has 0 radical (unpaired) electrons. The van der Waals surface area contributed by atoms with Gasteiger partial charge in [-0.1, -0.05) is 54.1 Å². The number of benzene rings is 2. The highest BCUT2D eigenvalue weighted by atomic mass is 35.5. The molecule has 3 aromatic rings. The lowest BCUT2D eigenvalue weighted by molar-refractivity contribution is -0.137. The van der Waals surface area contributed by atoms with Crippen LogP contribution in [0.5, 0.6) is 0 Å². The van der Waals surface area contributed by atoms with E-state index in [9.17, 15) is 9.59 Å². The number of nitrogens with zero attached hydrogens (tertiary/aromatic N) is 3. The van der Waals surface area contributed by atoms with Crippen LogP contribution in [0.2, 0.25) is 5.15 Å². The standard InChI is InChI=1S/C24H22ClN3O3/c1-15-7-2-4-9-17(15)20-14-21(28(27-20)22(29)11-6-12-23(30)31)18-13-16-8-3-5-10-19(16)26-24(18)25/h2-5,7-10,13,21H,6,11-12,14H2,1H3,(H,30,31)/t21-/m0/s1. The van der Waals surface area contributed by atoms with Gasteiger partial charge in [-0.2, -0.15) is 5.10 Å². The van der Waals surface area contributed by atoms with E-state index in [0.29, 0.717) is 11.6 Å². The van der Waals surface area contributed by atoms with Crippen molar-refractivity contribution in [1.29, 1.82) is 0 Å². The number of carbonyl (C=O) groups excluding carboxylic acids is 1. The monoisotopic (exact) mass is 435 g/mol. The van der Waals surface area contributed by atoms with Crippen molar-refractivity contribution in [2.75, 3.05) is 0 Å². The molecule has 0 fully saturated rings. The summed E-state index contributed by atoms with van der Waals surface area (Å²) in [4.78, 5) is 28.4. The lowest BCUT2D eigenvalue weighted by Crippen LogP contribution is -2.27. The molecule has 0 saturated carbocycles. The molecule has 0 saturated heterocycles. The van der Waals surface area contributed by atoms with Gasteiger partial charge in [-0.25, -0.2) is 9.99 Å². The summed E-state index contributed by atoms with van der Waals surface area (Å²) in [6.07, 6.45) is 0.814. The van der Waals surface area contributed by atoms with E-state index in [4.69, 9.17) is 16.7 Å². The van der Waals surface area contributed by atoms with Crippen LogP contribution in [-0.4, -0.2) is 32.7 Å². The number of halogens is 1. The van der Waals surface area contributed by atoms with Gasteiger partial charge in [-0.05, 0) is 31.0 Å². The summed E-state index contributed by atoms with van der Waals surface area (Å²) in [5.41, 5.74) is 4.38. The molecule has 1 N–H and O–H groups in total. The number of amides is 1. The van der Waals surface area contributed by atoms with E-state index in [1.807, 2.05) is 61.5 Å². The molecule has 1 aliphatic heterocycles. The van der Waals surface area contributed by atoms with Gasteiger partial charge in [-0.3, -0.25) is 9.59 Å². The molecule has 0 bridgehead atoms. The number of aromatic nitrogens is 1. The first-order chi connectivity index (χ1) is 14.9. The minimum Gasteiger partial charge on any atom is -0.481 e. The molecule has 158 valence electrons. The number of hydrazone groups is 1. The average Bonchev–Trinajstić information content (AvgIpc) is 3.18. The Hall–Kier alpha value is -3.25. The van der Waals surface area contributed by atoms with E-state index in [1.165, 1.54) is 5.01 Å². The predicted octanol–water partition coefficient (Wildman–Crippen LogP) is 5.13. The number of rotatable bonds is 6. The van der Waals surface area contributed by atoms with Crippen LogP contribution in [0.15, 0.2) is 59.7 Å². The fourth-order valence-electron chi connectivity index (χ4n) is 3.89. The molecule has 0 unspecified atom stereocenters. The highest BCUT2D eigenvalue weighted by Gasteiger charge is 2.35. The number of carbonyl (C=O) groups is 2. The maximum atomic E-state index is 13.0. The minimum atomic E-state index is -0.920. The molecule has 31 heavy (non-hydrogen) atoms. The largest absolute Gasteiger partial charge is 0.481 e. The molecule has 1 atom stereocenters. The summed E-state index contributed by atoms with van der Waals surface area (Å²) >= 11 is 6.55. The van der Waals surface area contributed by atoms with Crippen LogP contribution in [-0.2, 0) is 9.59 Å². The summed E-state index contributed by atoms with van der Waals surface area (Å²) in [5.74, 6) is -1.14. The highest BCUT2D eigenvalue weighted by molar-refractivity contribution is 6.30. The molecular weight excluding hydrogens is 414 g/mol. The second-order valence-electron chi connectivity index (χ2n) is 7.63. The van der Waals surface area contributed by atoms with Crippen molar-refractivity contribution in [3.63, 3.8) is 0 Å². The number of pyridine rings is 1. The van der Waals surface area contributed by atoms with Gasteiger partial charge in [0, 0.05) is 35.8 Å². The Bertz CT molecular complexity index is 1190. The third-order valence-corrected chi connectivity index (χ3v) is 5.77. The summed E-state index contributed by atoms with van der Waals surface area (Å²) in [5, 5.41) is 16.3. The van der Waals surface area contributed by atoms with Crippen molar-refractivity contribution in [1.82, 2.24) is 9.99 Å². The minimum absolute atomic E-state index is 0.0586. The first-order valence-electron chi connectivity index (χ1n) is 10.2. The van der Waals surface area contributed by atoms with Crippen LogP contribution in [0.1, 0.15) is 48.4 Å². The van der Waals surface area contributed by atoms with Crippen LogP contribution in [0, 0.1) is 6.92 Å². The van der Waals surface area contributed by atoms with Crippen LogP contribution >= 0.6 is 11.6 Å². The quantitative estimate of drug-likeness (QED) is 0.544. The Morgan fingerprint density at radius 3 is 2.65 bits per heavy atom. The fraction of sp³-hybridized carbons (Fsp3) is 0.250. The summed E-state index contributed by atoms with van der Waals surface area (Å²) < 4.78 is 0. The zero-order valence-corrected chi connectivity index (χ0v) is 17.8. The second kappa shape index (κ2) is 8.86. The maximum absolute atomic E-state index is 13.0. The van der Waals surface area contributed by atoms with Gasteiger partial charge in [0.15, 0.2) is 0 Å². The summed E-state index contributed by atoms with van der Waals surface area (Å²) in [6, 6.07) is 17.2. The SMILES string of the molecule is Cc1ccccc1C1=NN(C(=O)CCCC(=O)O)[C@H](c2cc3ccccc3nc2Cl)C1. The normalized spacial score (nSPS) is 15.9. The van der Waals surface area contributed by atoms with Crippen molar-refractivity contribution in [2.45, 2.75) is 38.6 Å². The van der Waals surface area contributed by atoms with E-state index in [2.05, 4.69) is 10.1 Å². The summed E-state index contributed by atoms with van der Waals surface area (Å²) in [7, 11) is 0. The molecule has 1 aliphatic rings. The number of aryl methyl sites for hydroxylation is 1. The number of hydrogen-bond donors (Lipinski definition) is 1. The Balaban J connectivity index is 1.71. The van der Waals surface area contributed by atoms with Crippen LogP contribution in [0.4, 0.5) is 0 Å². The van der Waals surface area contributed by atoms with E-state index in [1.54, 1.807) is 0 Å². The fourth-order valence-corrected chi connectivity index (χ4v) is 4.16. The van der Waals surface area contributed by atoms with Crippen molar-refractivity contribution in [3.8, 4) is 0 Å². The number of aliphatic carboxylic acids is 1. The van der Waals surface area contributed by atoms with Gasteiger partial charge >= 0.3 is 5.97 Å². The van der Waals surface area contributed by atoms with E-state index < -0.39 is 12.0 Å². The highest BCUT2D eigenvalue weighted by Crippen LogP contribution is 2.38. The van der Waals surface area contributed by atoms with E-state index in [-0.39, 0.29) is 25.2 Å². The smallest absolute Gasteiger partial charge is 0.303 e. The Labute approximate surface area is 185 Å². The average molecular weight is 436 g/mol. The first-order valence-corrected chi connectivity index (χ1v) is 10.5. The molecule has 2 heterocycles. The Morgan fingerprint density at radius 2 is 1.87 bits per heavy atom. The maximum Gasteiger partial charge on any atom is 0.303 e. The second-order valence-corrected chi connectivity index (χ2v) is 7.99. The van der Waals surface area contributed by atoms with Crippen molar-refractivity contribution < 1.29 is 14.7 Å². The molecule has 6 nitrogen and oxygen atoms in total. The molecule has 7 heteroatoms.